The van der Waals surface area contributed by atoms with E-state index in [1.54, 1.807) is 13.1 Å². The molecule has 2 aromatic heterocycles. The Morgan fingerprint density at radius 1 is 1.38 bits per heavy atom. The quantitative estimate of drug-likeness (QED) is 0.657. The van der Waals surface area contributed by atoms with Crippen LogP contribution in [0.25, 0.3) is 22.0 Å². The Hall–Kier alpha value is -2.61. The molecule has 7 nitrogen and oxygen atoms in total. The van der Waals surface area contributed by atoms with Crippen molar-refractivity contribution in [3.63, 3.8) is 0 Å². The van der Waals surface area contributed by atoms with Crippen LogP contribution in [0.2, 0.25) is 0 Å². The van der Waals surface area contributed by atoms with Crippen molar-refractivity contribution in [3.8, 4) is 0 Å². The summed E-state index contributed by atoms with van der Waals surface area (Å²) in [5.74, 6) is -0.417. The highest BCUT2D eigenvalue weighted by Crippen LogP contribution is 2.36. The number of hydrogen-bond acceptors (Lipinski definition) is 5. The van der Waals surface area contributed by atoms with Crippen molar-refractivity contribution in [2.24, 2.45) is 5.73 Å². The molecule has 0 aliphatic heterocycles. The van der Waals surface area contributed by atoms with Gasteiger partial charge >= 0.3 is 0 Å². The van der Waals surface area contributed by atoms with Crippen LogP contribution in [-0.4, -0.2) is 22.9 Å². The van der Waals surface area contributed by atoms with Gasteiger partial charge in [0.25, 0.3) is 11.3 Å². The topological polar surface area (TPSA) is 106 Å². The van der Waals surface area contributed by atoms with Crippen LogP contribution in [0.3, 0.4) is 0 Å². The molecule has 1 saturated carbocycles. The zero-order valence-corrected chi connectivity index (χ0v) is 13.1. The highest BCUT2D eigenvalue weighted by molar-refractivity contribution is 5.91. The Bertz CT molecular complexity index is 1070. The summed E-state index contributed by atoms with van der Waals surface area (Å²) in [6.07, 6.45) is 2.38. The number of halogens is 1. The van der Waals surface area contributed by atoms with E-state index in [-0.39, 0.29) is 28.4 Å². The van der Waals surface area contributed by atoms with E-state index in [1.807, 2.05) is 0 Å². The van der Waals surface area contributed by atoms with Gasteiger partial charge in [0.2, 0.25) is 5.43 Å². The molecule has 0 spiro atoms. The Balaban J connectivity index is 2.08. The Morgan fingerprint density at radius 3 is 2.83 bits per heavy atom. The number of nitrogens with one attached hydrogen (secondary N) is 2. The molecule has 8 heteroatoms. The second-order valence-electron chi connectivity index (χ2n) is 6.26. The van der Waals surface area contributed by atoms with Crippen LogP contribution in [-0.2, 0) is 0 Å². The predicted octanol–water partition coefficient (Wildman–Crippen LogP) is 1.34. The first-order chi connectivity index (χ1) is 11.5. The van der Waals surface area contributed by atoms with Crippen molar-refractivity contribution >= 4 is 22.0 Å². The molecule has 2 heterocycles. The van der Waals surface area contributed by atoms with Gasteiger partial charge in [-0.05, 0) is 42.9 Å². The summed E-state index contributed by atoms with van der Waals surface area (Å²) in [6, 6.07) is 2.93. The van der Waals surface area contributed by atoms with Crippen LogP contribution in [0.15, 0.2) is 26.2 Å². The molecule has 4 rings (SSSR count). The third-order valence-electron chi connectivity index (χ3n) is 4.85. The Kier molecular flexibility index (Phi) is 3.24. The van der Waals surface area contributed by atoms with Crippen molar-refractivity contribution in [1.29, 1.82) is 0 Å². The average Bonchev–Trinajstić information content (AvgIpc) is 3.15. The fourth-order valence-electron chi connectivity index (χ4n) is 3.67. The van der Waals surface area contributed by atoms with Gasteiger partial charge in [-0.2, -0.15) is 5.16 Å². The highest BCUT2D eigenvalue weighted by Gasteiger charge is 2.27. The number of aromatic nitrogens is 2. The van der Waals surface area contributed by atoms with Gasteiger partial charge in [0, 0.05) is 13.1 Å². The molecule has 1 fully saturated rings. The molecule has 4 N–H and O–H groups in total. The highest BCUT2D eigenvalue weighted by atomic mass is 19.1. The van der Waals surface area contributed by atoms with Crippen molar-refractivity contribution in [3.05, 3.63) is 44.1 Å². The zero-order valence-electron chi connectivity index (χ0n) is 13.1. The number of aromatic amines is 1. The lowest BCUT2D eigenvalue weighted by atomic mass is 9.95. The van der Waals surface area contributed by atoms with Gasteiger partial charge in [-0.15, -0.1) is 0 Å². The molecule has 0 amide bonds. The summed E-state index contributed by atoms with van der Waals surface area (Å²) >= 11 is 0. The van der Waals surface area contributed by atoms with E-state index in [1.165, 1.54) is 10.7 Å². The van der Waals surface area contributed by atoms with Crippen LogP contribution in [0.1, 0.15) is 30.7 Å². The van der Waals surface area contributed by atoms with Gasteiger partial charge in [-0.1, -0.05) is 0 Å². The van der Waals surface area contributed by atoms with Crippen molar-refractivity contribution in [2.75, 3.05) is 12.5 Å². The summed E-state index contributed by atoms with van der Waals surface area (Å²) < 4.78 is 21.2. The minimum absolute atomic E-state index is 0.0266. The van der Waals surface area contributed by atoms with Gasteiger partial charge in [0.05, 0.1) is 10.9 Å². The first kappa shape index (κ1) is 14.9. The van der Waals surface area contributed by atoms with Crippen molar-refractivity contribution in [1.82, 2.24) is 9.83 Å². The van der Waals surface area contributed by atoms with E-state index in [0.29, 0.717) is 17.5 Å². The SMILES string of the molecule is CNn1c2cc(C3CCC(N)C3)c(F)cc2c(=O)c2c(=O)[nH]oc21. The Morgan fingerprint density at radius 2 is 2.17 bits per heavy atom. The maximum absolute atomic E-state index is 14.6. The summed E-state index contributed by atoms with van der Waals surface area (Å²) in [6.45, 7) is 0. The standard InChI is InChI=1S/C16H17FN4O3/c1-19-21-12-6-9(7-2-3-8(18)4-7)11(17)5-10(12)14(22)13-15(23)20-24-16(13)21/h5-8,19H,2-4,18H2,1H3,(H,20,23). The third kappa shape index (κ3) is 1.99. The van der Waals surface area contributed by atoms with E-state index in [2.05, 4.69) is 10.6 Å². The number of fused-ring (bicyclic) bond motifs is 2. The molecule has 3 aromatic rings. The third-order valence-corrected chi connectivity index (χ3v) is 4.85. The number of nitrogens with zero attached hydrogens (tertiary/aromatic N) is 1. The smallest absolute Gasteiger partial charge is 0.293 e. The predicted molar refractivity (Wildman–Crippen MR) is 88.4 cm³/mol. The number of H-pyrrole nitrogens is 1. The number of hydrogen-bond donors (Lipinski definition) is 3. The van der Waals surface area contributed by atoms with Crippen LogP contribution in [0, 0.1) is 5.82 Å². The molecule has 24 heavy (non-hydrogen) atoms. The monoisotopic (exact) mass is 332 g/mol. The van der Waals surface area contributed by atoms with Crippen LogP contribution < -0.4 is 22.1 Å². The fourth-order valence-corrected chi connectivity index (χ4v) is 3.67. The van der Waals surface area contributed by atoms with E-state index < -0.39 is 16.8 Å². The summed E-state index contributed by atoms with van der Waals surface area (Å²) in [5, 5.41) is 2.15. The van der Waals surface area contributed by atoms with Gasteiger partial charge < -0.3 is 15.7 Å². The van der Waals surface area contributed by atoms with Gasteiger partial charge in [-0.3, -0.25) is 9.59 Å². The lowest BCUT2D eigenvalue weighted by Gasteiger charge is -2.15. The molecular weight excluding hydrogens is 315 g/mol. The molecule has 2 atom stereocenters. The molecule has 0 radical (unpaired) electrons. The Labute approximate surface area is 135 Å². The van der Waals surface area contributed by atoms with Crippen LogP contribution in [0.4, 0.5) is 4.39 Å². The van der Waals surface area contributed by atoms with E-state index in [9.17, 15) is 14.0 Å². The first-order valence-electron chi connectivity index (χ1n) is 7.84. The second kappa shape index (κ2) is 5.20. The van der Waals surface area contributed by atoms with Gasteiger partial charge in [-0.25, -0.2) is 9.07 Å². The van der Waals surface area contributed by atoms with E-state index >= 15 is 0 Å². The summed E-state index contributed by atoms with van der Waals surface area (Å²) in [4.78, 5) is 24.4. The fraction of sp³-hybridized carbons (Fsp3) is 0.375. The van der Waals surface area contributed by atoms with Crippen LogP contribution >= 0.6 is 0 Å². The lowest BCUT2D eigenvalue weighted by Crippen LogP contribution is -2.20. The number of rotatable bonds is 2. The molecule has 2 unspecified atom stereocenters. The summed E-state index contributed by atoms with van der Waals surface area (Å²) in [5.41, 5.74) is 8.73. The van der Waals surface area contributed by atoms with E-state index in [0.717, 1.165) is 12.8 Å². The largest absolute Gasteiger partial charge is 0.358 e. The molecule has 0 bridgehead atoms. The average molecular weight is 332 g/mol. The van der Waals surface area contributed by atoms with Gasteiger partial charge in [0.15, 0.2) is 5.39 Å². The molecule has 0 saturated heterocycles. The van der Waals surface area contributed by atoms with Crippen LogP contribution in [0.5, 0.6) is 0 Å². The number of nitrogens with two attached hydrogens (primary N) is 1. The summed E-state index contributed by atoms with van der Waals surface area (Å²) in [7, 11) is 1.63. The maximum atomic E-state index is 14.6. The van der Waals surface area contributed by atoms with Crippen molar-refractivity contribution in [2.45, 2.75) is 31.2 Å². The number of pyridine rings is 1. The normalized spacial score (nSPS) is 21.0. The lowest BCUT2D eigenvalue weighted by molar-refractivity contribution is 0.434. The second-order valence-corrected chi connectivity index (χ2v) is 6.26. The minimum atomic E-state index is -0.632. The molecule has 126 valence electrons. The minimum Gasteiger partial charge on any atom is -0.358 e. The molecule has 1 aliphatic rings. The molecular formula is C16H17FN4O3. The molecule has 1 aromatic carbocycles. The zero-order chi connectivity index (χ0) is 17.0. The van der Waals surface area contributed by atoms with Gasteiger partial charge in [0.1, 0.15) is 5.82 Å². The maximum Gasteiger partial charge on any atom is 0.293 e. The van der Waals surface area contributed by atoms with E-state index in [4.69, 9.17) is 10.3 Å². The molecule has 1 aliphatic carbocycles. The number of benzene rings is 1. The first-order valence-corrected chi connectivity index (χ1v) is 7.84. The van der Waals surface area contributed by atoms with Crippen molar-refractivity contribution < 1.29 is 8.91 Å².